The molecule has 1 unspecified atom stereocenters. The summed E-state index contributed by atoms with van der Waals surface area (Å²) < 4.78 is 5.14. The first-order valence-corrected chi connectivity index (χ1v) is 5.71. The number of ether oxygens (including phenoxy) is 1. The monoisotopic (exact) mass is 266 g/mol. The summed E-state index contributed by atoms with van der Waals surface area (Å²) in [6.07, 6.45) is 5.29. The summed E-state index contributed by atoms with van der Waals surface area (Å²) in [5, 5.41) is 3.24. The van der Waals surface area contributed by atoms with Crippen LogP contribution in [0.1, 0.15) is 12.0 Å². The third-order valence-electron chi connectivity index (χ3n) is 2.41. The first-order chi connectivity index (χ1) is 8.49. The molecular weight excluding hydrogens is 252 g/mol. The molecule has 0 spiro atoms. The lowest BCUT2D eigenvalue weighted by Gasteiger charge is -2.14. The van der Waals surface area contributed by atoms with E-state index in [0.29, 0.717) is 16.5 Å². The van der Waals surface area contributed by atoms with Crippen LogP contribution in [0.4, 0.5) is 5.69 Å². The molecule has 0 aromatic heterocycles. The Morgan fingerprint density at radius 1 is 1.67 bits per heavy atom. The number of carbonyl (C=O) groups excluding carboxylic acids is 1. The Kier molecular flexibility index (Phi) is 5.02. The van der Waals surface area contributed by atoms with Crippen molar-refractivity contribution < 1.29 is 9.53 Å². The van der Waals surface area contributed by atoms with Gasteiger partial charge in [0, 0.05) is 17.5 Å². The molecule has 1 amide bonds. The Morgan fingerprint density at radius 2 is 2.33 bits per heavy atom. The largest absolute Gasteiger partial charge is 0.495 e. The van der Waals surface area contributed by atoms with Crippen molar-refractivity contribution in [3.63, 3.8) is 0 Å². The number of nitrogens with one attached hydrogen (secondary N) is 1. The number of aryl methyl sites for hydroxylation is 1. The molecule has 0 radical (unpaired) electrons. The van der Waals surface area contributed by atoms with Crippen molar-refractivity contribution in [2.24, 2.45) is 5.73 Å². The van der Waals surface area contributed by atoms with Gasteiger partial charge < -0.3 is 15.8 Å². The molecule has 4 nitrogen and oxygen atoms in total. The molecular formula is C13H15ClN2O2. The molecule has 18 heavy (non-hydrogen) atoms. The molecule has 0 aliphatic rings. The van der Waals surface area contributed by atoms with Crippen molar-refractivity contribution in [2.75, 3.05) is 12.4 Å². The van der Waals surface area contributed by atoms with Crippen molar-refractivity contribution in [1.82, 2.24) is 0 Å². The first-order valence-electron chi connectivity index (χ1n) is 5.33. The van der Waals surface area contributed by atoms with Crippen LogP contribution in [0.15, 0.2) is 12.1 Å². The second-order valence-corrected chi connectivity index (χ2v) is 4.21. The fourth-order valence-corrected chi connectivity index (χ4v) is 1.53. The lowest BCUT2D eigenvalue weighted by molar-refractivity contribution is -0.117. The summed E-state index contributed by atoms with van der Waals surface area (Å²) >= 11 is 5.97. The molecule has 96 valence electrons. The molecule has 0 bridgehead atoms. The summed E-state index contributed by atoms with van der Waals surface area (Å²) in [7, 11) is 1.50. The van der Waals surface area contributed by atoms with E-state index in [9.17, 15) is 4.79 Å². The third kappa shape index (κ3) is 3.39. The van der Waals surface area contributed by atoms with E-state index in [1.54, 1.807) is 12.1 Å². The molecule has 1 atom stereocenters. The van der Waals surface area contributed by atoms with Gasteiger partial charge in [-0.2, -0.15) is 0 Å². The van der Waals surface area contributed by atoms with Crippen LogP contribution in [0.5, 0.6) is 5.75 Å². The number of rotatable bonds is 4. The molecule has 3 N–H and O–H groups in total. The van der Waals surface area contributed by atoms with Gasteiger partial charge in [0.25, 0.3) is 0 Å². The Morgan fingerprint density at radius 3 is 2.89 bits per heavy atom. The number of halogens is 1. The predicted octanol–water partition coefficient (Wildman–Crippen LogP) is 1.95. The number of anilines is 1. The number of terminal acetylenes is 1. The fourth-order valence-electron chi connectivity index (χ4n) is 1.37. The molecule has 1 aromatic rings. The van der Waals surface area contributed by atoms with Crippen LogP contribution in [0.25, 0.3) is 0 Å². The lowest BCUT2D eigenvalue weighted by atomic mass is 10.1. The minimum absolute atomic E-state index is 0.181. The Labute approximate surface area is 111 Å². The van der Waals surface area contributed by atoms with Crippen LogP contribution in [0.3, 0.4) is 0 Å². The maximum absolute atomic E-state index is 11.7. The van der Waals surface area contributed by atoms with Crippen molar-refractivity contribution in [1.29, 1.82) is 0 Å². The number of methoxy groups -OCH3 is 1. The number of carbonyl (C=O) groups is 1. The van der Waals surface area contributed by atoms with Crippen LogP contribution in [0, 0.1) is 19.3 Å². The minimum Gasteiger partial charge on any atom is -0.495 e. The summed E-state index contributed by atoms with van der Waals surface area (Å²) in [6.45, 7) is 1.83. The quantitative estimate of drug-likeness (QED) is 0.819. The fraction of sp³-hybridized carbons (Fsp3) is 0.308. The zero-order chi connectivity index (χ0) is 13.7. The van der Waals surface area contributed by atoms with E-state index in [1.165, 1.54) is 7.11 Å². The molecule has 0 saturated carbocycles. The molecule has 1 aromatic carbocycles. The van der Waals surface area contributed by atoms with E-state index < -0.39 is 6.04 Å². The number of hydrogen-bond donors (Lipinski definition) is 2. The topological polar surface area (TPSA) is 64.4 Å². The second-order valence-electron chi connectivity index (χ2n) is 3.81. The molecule has 0 fully saturated rings. The zero-order valence-corrected chi connectivity index (χ0v) is 11.0. The van der Waals surface area contributed by atoms with Gasteiger partial charge >= 0.3 is 0 Å². The maximum Gasteiger partial charge on any atom is 0.242 e. The zero-order valence-electron chi connectivity index (χ0n) is 10.3. The SMILES string of the molecule is C#CCC(N)C(=O)Nc1cc(C)c(Cl)cc1OC. The highest BCUT2D eigenvalue weighted by Crippen LogP contribution is 2.30. The summed E-state index contributed by atoms with van der Waals surface area (Å²) in [6, 6.07) is 2.62. The second kappa shape index (κ2) is 6.29. The third-order valence-corrected chi connectivity index (χ3v) is 2.82. The van der Waals surface area contributed by atoms with Gasteiger partial charge in [0.1, 0.15) is 5.75 Å². The molecule has 0 aliphatic heterocycles. The Balaban J connectivity index is 2.94. The standard InChI is InChI=1S/C13H15ClN2O2/c1-4-5-10(15)13(17)16-11-6-8(2)9(14)7-12(11)18-3/h1,6-7,10H,5,15H2,2-3H3,(H,16,17). The molecule has 0 aliphatic carbocycles. The van der Waals surface area contributed by atoms with Gasteiger partial charge in [-0.25, -0.2) is 0 Å². The highest BCUT2D eigenvalue weighted by molar-refractivity contribution is 6.31. The highest BCUT2D eigenvalue weighted by atomic mass is 35.5. The smallest absolute Gasteiger partial charge is 0.242 e. The van der Waals surface area contributed by atoms with Crippen molar-refractivity contribution in [3.05, 3.63) is 22.7 Å². The van der Waals surface area contributed by atoms with Gasteiger partial charge in [-0.05, 0) is 18.6 Å². The predicted molar refractivity (Wildman–Crippen MR) is 72.8 cm³/mol. The van der Waals surface area contributed by atoms with E-state index in [-0.39, 0.29) is 12.3 Å². The summed E-state index contributed by atoms with van der Waals surface area (Å²) in [5.74, 6) is 2.47. The van der Waals surface area contributed by atoms with Gasteiger partial charge in [-0.3, -0.25) is 4.79 Å². The van der Waals surface area contributed by atoms with Gasteiger partial charge in [0.2, 0.25) is 5.91 Å². The van der Waals surface area contributed by atoms with Crippen LogP contribution < -0.4 is 15.8 Å². The van der Waals surface area contributed by atoms with Gasteiger partial charge in [-0.1, -0.05) is 11.6 Å². The normalized spacial score (nSPS) is 11.5. The number of nitrogens with two attached hydrogens (primary N) is 1. The average molecular weight is 267 g/mol. The van der Waals surface area contributed by atoms with E-state index in [0.717, 1.165) is 5.56 Å². The van der Waals surface area contributed by atoms with E-state index in [4.69, 9.17) is 28.5 Å². The molecule has 1 rings (SSSR count). The molecule has 5 heteroatoms. The summed E-state index contributed by atoms with van der Waals surface area (Å²) in [5.41, 5.74) is 6.97. The lowest BCUT2D eigenvalue weighted by Crippen LogP contribution is -2.35. The van der Waals surface area contributed by atoms with Crippen LogP contribution in [0.2, 0.25) is 5.02 Å². The summed E-state index contributed by atoms with van der Waals surface area (Å²) in [4.78, 5) is 11.7. The Hall–Kier alpha value is -1.70. The molecule has 0 heterocycles. The Bertz CT molecular complexity index is 494. The van der Waals surface area contributed by atoms with E-state index >= 15 is 0 Å². The maximum atomic E-state index is 11.7. The van der Waals surface area contributed by atoms with Crippen molar-refractivity contribution in [2.45, 2.75) is 19.4 Å². The number of hydrogen-bond acceptors (Lipinski definition) is 3. The van der Waals surface area contributed by atoms with Crippen LogP contribution >= 0.6 is 11.6 Å². The minimum atomic E-state index is -0.740. The van der Waals surface area contributed by atoms with E-state index in [1.807, 2.05) is 6.92 Å². The first kappa shape index (κ1) is 14.4. The van der Waals surface area contributed by atoms with E-state index in [2.05, 4.69) is 11.2 Å². The highest BCUT2D eigenvalue weighted by Gasteiger charge is 2.15. The van der Waals surface area contributed by atoms with Crippen LogP contribution in [-0.4, -0.2) is 19.1 Å². The van der Waals surface area contributed by atoms with Gasteiger partial charge in [0.05, 0.1) is 18.8 Å². The van der Waals surface area contributed by atoms with Crippen molar-refractivity contribution >= 4 is 23.2 Å². The number of benzene rings is 1. The van der Waals surface area contributed by atoms with Crippen LogP contribution in [-0.2, 0) is 4.79 Å². The van der Waals surface area contributed by atoms with Gasteiger partial charge in [0.15, 0.2) is 0 Å². The van der Waals surface area contributed by atoms with Gasteiger partial charge in [-0.15, -0.1) is 12.3 Å². The number of amides is 1. The molecule has 0 saturated heterocycles. The van der Waals surface area contributed by atoms with Crippen molar-refractivity contribution in [3.8, 4) is 18.1 Å². The average Bonchev–Trinajstić information content (AvgIpc) is 2.33.